The average Bonchev–Trinajstić information content (AvgIpc) is 2.66. The van der Waals surface area contributed by atoms with E-state index in [1.807, 2.05) is 0 Å². The second-order valence-corrected chi connectivity index (χ2v) is 42.5. The van der Waals surface area contributed by atoms with E-state index in [0.29, 0.717) is 45.3 Å². The van der Waals surface area contributed by atoms with E-state index >= 15 is 0 Å². The quantitative estimate of drug-likeness (QED) is 0.152. The van der Waals surface area contributed by atoms with Crippen molar-refractivity contribution in [2.45, 2.75) is 156 Å². The van der Waals surface area contributed by atoms with E-state index in [9.17, 15) is 0 Å². The molecule has 0 aliphatic rings. The summed E-state index contributed by atoms with van der Waals surface area (Å²) in [5.74, 6) is 0. The van der Waals surface area contributed by atoms with Crippen LogP contribution in [0.3, 0.4) is 0 Å². The molecule has 0 aromatic carbocycles. The van der Waals surface area contributed by atoms with Crippen LogP contribution in [0.15, 0.2) is 0 Å². The molecule has 0 saturated heterocycles. The summed E-state index contributed by atoms with van der Waals surface area (Å²) >= 11 is 14.3. The van der Waals surface area contributed by atoms with Gasteiger partial charge < -0.3 is 0 Å². The summed E-state index contributed by atoms with van der Waals surface area (Å²) in [5, 5.41) is 0. The van der Waals surface area contributed by atoms with Gasteiger partial charge in [-0.3, -0.25) is 0 Å². The van der Waals surface area contributed by atoms with E-state index in [0.717, 1.165) is 0 Å². The van der Waals surface area contributed by atoms with Crippen molar-refractivity contribution >= 4 is 86.7 Å². The summed E-state index contributed by atoms with van der Waals surface area (Å²) in [5.41, 5.74) is 5.61. The molecule has 0 aromatic heterocycles. The minimum Gasteiger partial charge on any atom is 0 e. The number of rotatable bonds is 12. The Balaban J connectivity index is -0.000000569. The maximum Gasteiger partial charge on any atom is 0 e. The van der Waals surface area contributed by atoms with Crippen LogP contribution in [0.1, 0.15) is 111 Å². The maximum absolute atomic E-state index is 4.12. The first-order valence-electron chi connectivity index (χ1n) is 12.9. The summed E-state index contributed by atoms with van der Waals surface area (Å²) in [4.78, 5) is 8.23. The molecule has 0 fully saturated rings. The minimum atomic E-state index is -1.20. The Morgan fingerprint density at radius 3 is 0.457 bits per heavy atom. The van der Waals surface area contributed by atoms with Gasteiger partial charge in [-0.05, 0) is 0 Å². The topological polar surface area (TPSA) is 24.1 Å². The summed E-state index contributed by atoms with van der Waals surface area (Å²) in [7, 11) is 0. The molecule has 0 rings (SSSR count). The zero-order valence-corrected chi connectivity index (χ0v) is 39.1. The third-order valence-corrected chi connectivity index (χ3v) is 51.4. The molecular weight excluding hydrogens is 821 g/mol. The molecular formula is C24H58N2P4Se4Zn+4. The Morgan fingerprint density at radius 1 is 0.314 bits per heavy atom. The minimum absolute atomic E-state index is 0. The Morgan fingerprint density at radius 2 is 0.400 bits per heavy atom. The van der Waals surface area contributed by atoms with E-state index in [2.05, 4.69) is 183 Å². The second-order valence-electron chi connectivity index (χ2n) is 11.8. The molecule has 0 unspecified atom stereocenters. The molecule has 0 saturated carbocycles. The van der Waals surface area contributed by atoms with E-state index in [1.54, 1.807) is 0 Å². The summed E-state index contributed by atoms with van der Waals surface area (Å²) in [6.45, 7) is 37.6. The Labute approximate surface area is 269 Å². The van der Waals surface area contributed by atoms with Crippen LogP contribution in [0.4, 0.5) is 0 Å². The van der Waals surface area contributed by atoms with Gasteiger partial charge in [-0.2, -0.15) is 0 Å². The van der Waals surface area contributed by atoms with E-state index in [1.165, 1.54) is 0 Å². The van der Waals surface area contributed by atoms with Gasteiger partial charge in [-0.25, -0.2) is 0 Å². The van der Waals surface area contributed by atoms with Crippen LogP contribution < -0.4 is 9.72 Å². The number of hydrogen-bond acceptors (Lipinski definition) is 2. The summed E-state index contributed by atoms with van der Waals surface area (Å²) in [6.07, 6.45) is -4.80. The first-order chi connectivity index (χ1) is 15.0. The fourth-order valence-electron chi connectivity index (χ4n) is 3.80. The van der Waals surface area contributed by atoms with E-state index in [-0.39, 0.29) is 19.5 Å². The molecule has 35 heavy (non-hydrogen) atoms. The van der Waals surface area contributed by atoms with Gasteiger partial charge in [0.2, 0.25) is 0 Å². The molecule has 0 bridgehead atoms. The normalized spacial score (nSPS) is 14.1. The molecule has 2 nitrogen and oxygen atoms in total. The van der Waals surface area contributed by atoms with Gasteiger partial charge in [0.05, 0.1) is 0 Å². The molecule has 0 aliphatic carbocycles. The first-order valence-corrected chi connectivity index (χ1v) is 29.5. The van der Waals surface area contributed by atoms with Crippen LogP contribution >= 0.6 is 24.4 Å². The largest absolute Gasteiger partial charge is 0 e. The van der Waals surface area contributed by atoms with Crippen molar-refractivity contribution < 1.29 is 19.5 Å². The smallest absolute Gasteiger partial charge is 0 e. The van der Waals surface area contributed by atoms with Crippen molar-refractivity contribution in [2.75, 3.05) is 0 Å². The van der Waals surface area contributed by atoms with Gasteiger partial charge in [0, 0.05) is 19.5 Å². The van der Waals surface area contributed by atoms with Crippen LogP contribution in [0.5, 0.6) is 0 Å². The van der Waals surface area contributed by atoms with Crippen molar-refractivity contribution in [1.29, 1.82) is 0 Å². The third-order valence-electron chi connectivity index (χ3n) is 6.76. The van der Waals surface area contributed by atoms with E-state index < -0.39 is 24.4 Å². The summed E-state index contributed by atoms with van der Waals surface area (Å²) < 4.78 is 0. The van der Waals surface area contributed by atoms with Gasteiger partial charge in [0.25, 0.3) is 0 Å². The van der Waals surface area contributed by atoms with Crippen LogP contribution in [0.25, 0.3) is 0 Å². The van der Waals surface area contributed by atoms with Crippen LogP contribution in [0, 0.1) is 0 Å². The Bertz CT molecular complexity index is 462. The Hall–Kier alpha value is 4.34. The zero-order valence-electron chi connectivity index (χ0n) is 25.7. The maximum atomic E-state index is 4.12. The van der Waals surface area contributed by atoms with Gasteiger partial charge in [-0.1, -0.05) is 0 Å². The van der Waals surface area contributed by atoms with Gasteiger partial charge in [0.15, 0.2) is 0 Å². The summed E-state index contributed by atoms with van der Waals surface area (Å²) in [6, 6.07) is 0. The molecule has 0 heterocycles. The van der Waals surface area contributed by atoms with Crippen molar-refractivity contribution in [2.24, 2.45) is 0 Å². The predicted molar refractivity (Wildman–Crippen MR) is 178 cm³/mol. The fourth-order valence-corrected chi connectivity index (χ4v) is 34.8. The molecule has 0 spiro atoms. The van der Waals surface area contributed by atoms with Crippen LogP contribution in [0.2, 0.25) is 0 Å². The zero-order chi connectivity index (χ0) is 28.0. The number of hydrogen-bond donors (Lipinski definition) is 2. The van der Waals surface area contributed by atoms with Crippen LogP contribution in [-0.4, -0.2) is 108 Å². The first kappa shape index (κ1) is 43.8. The standard InChI is InChI=1S/2C12H29NP2Se2.Zn/c2*1-9(2)14(16,10(3)4)13-15(17,11(5)6)12(7)8;/h2*9-13H,1-8H3;/q2*+2;. The molecule has 2 N–H and O–H groups in total. The predicted octanol–water partition coefficient (Wildman–Crippen LogP) is 8.48. The molecule has 0 amide bonds. The van der Waals surface area contributed by atoms with Crippen molar-refractivity contribution in [3.05, 3.63) is 0 Å². The molecule has 4 radical (unpaired) electrons. The van der Waals surface area contributed by atoms with Gasteiger partial charge in [-0.15, -0.1) is 0 Å². The third kappa shape index (κ3) is 12.2. The molecule has 0 aromatic rings. The second kappa shape index (κ2) is 18.1. The fraction of sp³-hybridized carbons (Fsp3) is 1.00. The average molecular weight is 880 g/mol. The molecule has 11 heteroatoms. The van der Waals surface area contributed by atoms with E-state index in [4.69, 9.17) is 0 Å². The molecule has 0 aliphatic heterocycles. The Kier molecular flexibility index (Phi) is 22.7. The van der Waals surface area contributed by atoms with Crippen molar-refractivity contribution in [3.8, 4) is 0 Å². The van der Waals surface area contributed by atoms with Gasteiger partial charge in [0.1, 0.15) is 0 Å². The molecule has 206 valence electrons. The number of nitrogens with one attached hydrogen (secondary N) is 2. The SMILES string of the molecule is CC(C)[P+]([Se])(N[P+]([Se])(C(C)C)C(C)C)C(C)C.CC(C)[P+]([Se])(N[P+]([Se])(C(C)C)C(C)C)C(C)C.[Zn]. The monoisotopic (exact) mass is 882 g/mol. The van der Waals surface area contributed by atoms with Crippen molar-refractivity contribution in [1.82, 2.24) is 9.72 Å². The molecule has 0 atom stereocenters. The van der Waals surface area contributed by atoms with Gasteiger partial charge >= 0.3 is 252 Å². The van der Waals surface area contributed by atoms with Crippen molar-refractivity contribution in [3.63, 3.8) is 0 Å². The van der Waals surface area contributed by atoms with Crippen LogP contribution in [-0.2, 0) is 19.5 Å².